The fourth-order valence-corrected chi connectivity index (χ4v) is 3.29. The number of anilines is 1. The molecule has 1 aromatic carbocycles. The van der Waals surface area contributed by atoms with Gasteiger partial charge in [0.15, 0.2) is 0 Å². The zero-order chi connectivity index (χ0) is 20.6. The van der Waals surface area contributed by atoms with Crippen molar-refractivity contribution in [2.45, 2.75) is 32.0 Å². The van der Waals surface area contributed by atoms with Gasteiger partial charge in [-0.15, -0.1) is 0 Å². The summed E-state index contributed by atoms with van der Waals surface area (Å²) >= 11 is 5.84. The molecule has 9 heteroatoms. The lowest BCUT2D eigenvalue weighted by Gasteiger charge is -2.40. The minimum absolute atomic E-state index is 0.0275. The first kappa shape index (κ1) is 21.5. The Morgan fingerprint density at radius 1 is 1.26 bits per heavy atom. The standard InChI is InChI=1S/C18H22ClF3N2O3/c1-11-10-24(16(26)17(2,27)18(20,21)22)9-8-14(11)15(25)23(3)13-6-4-12(19)5-7-13/h4-7,11,14,27H,8-10H2,1-3H3. The van der Waals surface area contributed by atoms with Crippen LogP contribution in [0.25, 0.3) is 0 Å². The smallest absolute Gasteiger partial charge is 0.373 e. The summed E-state index contributed by atoms with van der Waals surface area (Å²) in [5.41, 5.74) is -2.79. The first-order chi connectivity index (χ1) is 12.4. The van der Waals surface area contributed by atoms with Crippen molar-refractivity contribution in [2.75, 3.05) is 25.0 Å². The van der Waals surface area contributed by atoms with E-state index in [4.69, 9.17) is 11.6 Å². The number of carbonyl (C=O) groups excluding carboxylic acids is 2. The van der Waals surface area contributed by atoms with Crippen LogP contribution in [0, 0.1) is 11.8 Å². The predicted octanol–water partition coefficient (Wildman–Crippen LogP) is 3.10. The molecule has 0 aromatic heterocycles. The first-order valence-electron chi connectivity index (χ1n) is 8.48. The molecule has 0 spiro atoms. The lowest BCUT2D eigenvalue weighted by Crippen LogP contribution is -2.59. The Kier molecular flexibility index (Phi) is 6.11. The third kappa shape index (κ3) is 4.38. The number of amides is 2. The molecule has 1 heterocycles. The van der Waals surface area contributed by atoms with Crippen LogP contribution in [-0.4, -0.2) is 53.7 Å². The van der Waals surface area contributed by atoms with Gasteiger partial charge >= 0.3 is 6.18 Å². The van der Waals surface area contributed by atoms with Crippen molar-refractivity contribution in [3.8, 4) is 0 Å². The summed E-state index contributed by atoms with van der Waals surface area (Å²) in [4.78, 5) is 27.4. The Balaban J connectivity index is 2.07. The van der Waals surface area contributed by atoms with Gasteiger partial charge in [0.1, 0.15) is 0 Å². The highest BCUT2D eigenvalue weighted by Crippen LogP contribution is 2.34. The number of hydrogen-bond donors (Lipinski definition) is 1. The van der Waals surface area contributed by atoms with Crippen molar-refractivity contribution in [3.05, 3.63) is 29.3 Å². The molecule has 1 aromatic rings. The van der Waals surface area contributed by atoms with Crippen molar-refractivity contribution in [1.82, 2.24) is 4.90 Å². The molecule has 0 bridgehead atoms. The van der Waals surface area contributed by atoms with E-state index >= 15 is 0 Å². The van der Waals surface area contributed by atoms with Gasteiger partial charge in [-0.25, -0.2) is 0 Å². The Labute approximate surface area is 160 Å². The van der Waals surface area contributed by atoms with Gasteiger partial charge in [-0.3, -0.25) is 9.59 Å². The maximum absolute atomic E-state index is 12.9. The van der Waals surface area contributed by atoms with Crippen molar-refractivity contribution in [3.63, 3.8) is 0 Å². The molecule has 1 fully saturated rings. The largest absolute Gasteiger partial charge is 0.426 e. The molecule has 0 radical (unpaired) electrons. The van der Waals surface area contributed by atoms with Crippen molar-refractivity contribution in [1.29, 1.82) is 0 Å². The average Bonchev–Trinajstić information content (AvgIpc) is 2.59. The number of likely N-dealkylation sites (tertiary alicyclic amines) is 1. The third-order valence-corrected chi connectivity index (χ3v) is 5.27. The van der Waals surface area contributed by atoms with E-state index < -0.39 is 23.6 Å². The molecular formula is C18H22ClF3N2O3. The Bertz CT molecular complexity index is 707. The van der Waals surface area contributed by atoms with Crippen molar-refractivity contribution < 1.29 is 27.9 Å². The maximum Gasteiger partial charge on any atom is 0.426 e. The molecule has 1 aliphatic heterocycles. The molecule has 1 N–H and O–H groups in total. The van der Waals surface area contributed by atoms with Crippen LogP contribution in [0.5, 0.6) is 0 Å². The van der Waals surface area contributed by atoms with Crippen LogP contribution < -0.4 is 4.90 Å². The van der Waals surface area contributed by atoms with Gasteiger partial charge in [0.2, 0.25) is 11.5 Å². The highest BCUT2D eigenvalue weighted by Gasteiger charge is 2.57. The molecule has 150 valence electrons. The zero-order valence-electron chi connectivity index (χ0n) is 15.3. The number of carbonyl (C=O) groups is 2. The zero-order valence-corrected chi connectivity index (χ0v) is 16.0. The first-order valence-corrected chi connectivity index (χ1v) is 8.85. The molecule has 1 saturated heterocycles. The van der Waals surface area contributed by atoms with E-state index in [0.29, 0.717) is 17.6 Å². The molecule has 3 unspecified atom stereocenters. The predicted molar refractivity (Wildman–Crippen MR) is 95.4 cm³/mol. The number of hydrogen-bond acceptors (Lipinski definition) is 3. The van der Waals surface area contributed by atoms with E-state index in [9.17, 15) is 27.9 Å². The van der Waals surface area contributed by atoms with E-state index in [-0.39, 0.29) is 31.3 Å². The van der Waals surface area contributed by atoms with Crippen LogP contribution in [0.15, 0.2) is 24.3 Å². The molecule has 0 aliphatic carbocycles. The summed E-state index contributed by atoms with van der Waals surface area (Å²) < 4.78 is 38.7. The van der Waals surface area contributed by atoms with Gasteiger partial charge in [0.05, 0.1) is 0 Å². The van der Waals surface area contributed by atoms with E-state index in [1.165, 1.54) is 4.90 Å². The summed E-state index contributed by atoms with van der Waals surface area (Å²) in [7, 11) is 1.62. The molecule has 27 heavy (non-hydrogen) atoms. The van der Waals surface area contributed by atoms with Crippen LogP contribution in [0.3, 0.4) is 0 Å². The lowest BCUT2D eigenvalue weighted by atomic mass is 9.85. The number of alkyl halides is 3. The molecule has 3 atom stereocenters. The molecule has 2 rings (SSSR count). The van der Waals surface area contributed by atoms with Gasteiger partial charge in [-0.1, -0.05) is 18.5 Å². The summed E-state index contributed by atoms with van der Waals surface area (Å²) in [6.45, 7) is 2.10. The van der Waals surface area contributed by atoms with Crippen LogP contribution in [0.4, 0.5) is 18.9 Å². The second-order valence-corrected chi connectivity index (χ2v) is 7.50. The van der Waals surface area contributed by atoms with Crippen LogP contribution in [0.1, 0.15) is 20.3 Å². The molecular weight excluding hydrogens is 385 g/mol. The van der Waals surface area contributed by atoms with Gasteiger partial charge in [0.25, 0.3) is 5.91 Å². The molecule has 5 nitrogen and oxygen atoms in total. The number of rotatable bonds is 3. The van der Waals surface area contributed by atoms with Gasteiger partial charge in [0, 0.05) is 36.8 Å². The normalized spacial score (nSPS) is 22.9. The number of aliphatic hydroxyl groups is 1. The van der Waals surface area contributed by atoms with E-state index in [0.717, 1.165) is 4.90 Å². The number of benzene rings is 1. The van der Waals surface area contributed by atoms with Crippen LogP contribution in [-0.2, 0) is 9.59 Å². The highest BCUT2D eigenvalue weighted by atomic mass is 35.5. The van der Waals surface area contributed by atoms with Gasteiger partial charge in [-0.2, -0.15) is 13.2 Å². The monoisotopic (exact) mass is 406 g/mol. The van der Waals surface area contributed by atoms with Crippen molar-refractivity contribution >= 4 is 29.1 Å². The quantitative estimate of drug-likeness (QED) is 0.839. The third-order valence-electron chi connectivity index (χ3n) is 5.02. The fourth-order valence-electron chi connectivity index (χ4n) is 3.17. The summed E-state index contributed by atoms with van der Waals surface area (Å²) in [5.74, 6) is -2.36. The number of halogens is 4. The van der Waals surface area contributed by atoms with Gasteiger partial charge < -0.3 is 14.9 Å². The molecule has 0 saturated carbocycles. The molecule has 1 aliphatic rings. The Morgan fingerprint density at radius 3 is 2.30 bits per heavy atom. The maximum atomic E-state index is 12.9. The van der Waals surface area contributed by atoms with Crippen LogP contribution in [0.2, 0.25) is 5.02 Å². The SMILES string of the molecule is CC1CN(C(=O)C(C)(O)C(F)(F)F)CCC1C(=O)N(C)c1ccc(Cl)cc1. The number of nitrogens with zero attached hydrogens (tertiary/aromatic N) is 2. The average molecular weight is 407 g/mol. The second kappa shape index (κ2) is 7.67. The Hall–Kier alpha value is -1.80. The lowest BCUT2D eigenvalue weighted by molar-refractivity contribution is -0.251. The summed E-state index contributed by atoms with van der Waals surface area (Å²) in [6, 6.07) is 6.71. The van der Waals surface area contributed by atoms with Gasteiger partial charge in [-0.05, 0) is 43.5 Å². The van der Waals surface area contributed by atoms with E-state index in [1.54, 1.807) is 38.2 Å². The topological polar surface area (TPSA) is 60.9 Å². The van der Waals surface area contributed by atoms with Crippen molar-refractivity contribution in [2.24, 2.45) is 11.8 Å². The number of piperidine rings is 1. The second-order valence-electron chi connectivity index (χ2n) is 7.07. The highest BCUT2D eigenvalue weighted by molar-refractivity contribution is 6.30. The molecule has 2 amide bonds. The minimum Gasteiger partial charge on any atom is -0.373 e. The van der Waals surface area contributed by atoms with Crippen LogP contribution >= 0.6 is 11.6 Å². The minimum atomic E-state index is -5.06. The fraction of sp³-hybridized carbons (Fsp3) is 0.556. The Morgan fingerprint density at radius 2 is 1.81 bits per heavy atom. The summed E-state index contributed by atoms with van der Waals surface area (Å²) in [5, 5.41) is 10.1. The van der Waals surface area contributed by atoms with E-state index in [1.807, 2.05) is 0 Å². The summed E-state index contributed by atoms with van der Waals surface area (Å²) in [6.07, 6.45) is -4.84. The van der Waals surface area contributed by atoms with E-state index in [2.05, 4.69) is 0 Å².